The number of hydrogen-bond acceptors (Lipinski definition) is 2. The topological polar surface area (TPSA) is 43.8 Å². The summed E-state index contributed by atoms with van der Waals surface area (Å²) in [5.41, 5.74) is 7.18. The predicted octanol–water partition coefficient (Wildman–Crippen LogP) is 2.61. The van der Waals surface area contributed by atoms with Gasteiger partial charge in [-0.3, -0.25) is 0 Å². The molecule has 0 spiro atoms. The molecule has 3 nitrogen and oxygen atoms in total. The molecule has 0 amide bonds. The van der Waals surface area contributed by atoms with Gasteiger partial charge < -0.3 is 5.73 Å². The molecule has 0 aliphatic heterocycles. The lowest BCUT2D eigenvalue weighted by Crippen LogP contribution is -2.07. The van der Waals surface area contributed by atoms with E-state index in [9.17, 15) is 4.39 Å². The van der Waals surface area contributed by atoms with Crippen molar-refractivity contribution in [2.45, 2.75) is 13.5 Å². The van der Waals surface area contributed by atoms with Crippen LogP contribution in [0.25, 0.3) is 0 Å². The highest BCUT2D eigenvalue weighted by atomic mass is 35.5. The van der Waals surface area contributed by atoms with E-state index in [0.29, 0.717) is 22.9 Å². The van der Waals surface area contributed by atoms with Crippen LogP contribution in [0.15, 0.2) is 24.4 Å². The fourth-order valence-electron chi connectivity index (χ4n) is 1.43. The first-order valence-corrected chi connectivity index (χ1v) is 5.17. The Morgan fingerprint density at radius 3 is 2.81 bits per heavy atom. The first-order valence-electron chi connectivity index (χ1n) is 4.79. The van der Waals surface area contributed by atoms with Crippen molar-refractivity contribution >= 4 is 17.4 Å². The Hall–Kier alpha value is -1.55. The maximum absolute atomic E-state index is 13.5. The van der Waals surface area contributed by atoms with Gasteiger partial charge in [0.2, 0.25) is 0 Å². The summed E-state index contributed by atoms with van der Waals surface area (Å²) in [5, 5.41) is 4.45. The van der Waals surface area contributed by atoms with E-state index in [1.165, 1.54) is 6.07 Å². The van der Waals surface area contributed by atoms with Crippen LogP contribution in [-0.2, 0) is 6.54 Å². The van der Waals surface area contributed by atoms with Crippen LogP contribution >= 0.6 is 11.6 Å². The summed E-state index contributed by atoms with van der Waals surface area (Å²) in [4.78, 5) is 0. The summed E-state index contributed by atoms with van der Waals surface area (Å²) in [7, 11) is 0. The Balaban J connectivity index is 2.30. The van der Waals surface area contributed by atoms with E-state index in [1.807, 2.05) is 6.92 Å². The molecule has 2 aromatic rings. The molecular formula is C11H11ClFN3. The first kappa shape index (κ1) is 11.0. The number of rotatable bonds is 2. The van der Waals surface area contributed by atoms with Crippen molar-refractivity contribution in [1.29, 1.82) is 0 Å². The Kier molecular flexibility index (Phi) is 2.83. The Morgan fingerprint density at radius 2 is 2.25 bits per heavy atom. The van der Waals surface area contributed by atoms with E-state index >= 15 is 0 Å². The predicted molar refractivity (Wildman–Crippen MR) is 61.9 cm³/mol. The number of nitrogen functional groups attached to an aromatic ring is 1. The zero-order chi connectivity index (χ0) is 11.7. The van der Waals surface area contributed by atoms with E-state index in [1.54, 1.807) is 23.0 Å². The normalized spacial score (nSPS) is 10.7. The van der Waals surface area contributed by atoms with Crippen LogP contribution in [0.5, 0.6) is 0 Å². The minimum Gasteiger partial charge on any atom is -0.384 e. The highest BCUT2D eigenvalue weighted by molar-refractivity contribution is 6.30. The van der Waals surface area contributed by atoms with Crippen LogP contribution in [0.1, 0.15) is 11.1 Å². The summed E-state index contributed by atoms with van der Waals surface area (Å²) >= 11 is 5.67. The van der Waals surface area contributed by atoms with E-state index in [2.05, 4.69) is 5.10 Å². The highest BCUT2D eigenvalue weighted by Gasteiger charge is 2.07. The van der Waals surface area contributed by atoms with Gasteiger partial charge in [-0.25, -0.2) is 9.07 Å². The number of aryl methyl sites for hydroxylation is 1. The van der Waals surface area contributed by atoms with Gasteiger partial charge in [0.25, 0.3) is 0 Å². The molecule has 0 atom stereocenters. The molecule has 0 saturated carbocycles. The number of anilines is 1. The average molecular weight is 240 g/mol. The second-order valence-electron chi connectivity index (χ2n) is 3.61. The summed E-state index contributed by atoms with van der Waals surface area (Å²) in [6.45, 7) is 2.17. The van der Waals surface area contributed by atoms with Gasteiger partial charge in [0.15, 0.2) is 0 Å². The van der Waals surface area contributed by atoms with Gasteiger partial charge in [0.05, 0.1) is 12.7 Å². The van der Waals surface area contributed by atoms with Gasteiger partial charge in [0, 0.05) is 16.1 Å². The van der Waals surface area contributed by atoms with Crippen molar-refractivity contribution in [2.24, 2.45) is 0 Å². The van der Waals surface area contributed by atoms with Gasteiger partial charge >= 0.3 is 0 Å². The first-order chi connectivity index (χ1) is 7.58. The van der Waals surface area contributed by atoms with Crippen molar-refractivity contribution in [3.05, 3.63) is 46.4 Å². The number of aromatic nitrogens is 2. The Labute approximate surface area is 97.6 Å². The van der Waals surface area contributed by atoms with Crippen molar-refractivity contribution in [3.63, 3.8) is 0 Å². The molecule has 5 heteroatoms. The fourth-order valence-corrected chi connectivity index (χ4v) is 1.58. The molecular weight excluding hydrogens is 229 g/mol. The molecule has 0 radical (unpaired) electrons. The molecule has 0 aliphatic carbocycles. The molecule has 0 saturated heterocycles. The highest BCUT2D eigenvalue weighted by Crippen LogP contribution is 2.17. The molecule has 84 valence electrons. The number of nitrogens with two attached hydrogens (primary N) is 1. The quantitative estimate of drug-likeness (QED) is 0.876. The van der Waals surface area contributed by atoms with Crippen molar-refractivity contribution in [2.75, 3.05) is 5.73 Å². The average Bonchev–Trinajstić information content (AvgIpc) is 2.54. The van der Waals surface area contributed by atoms with Crippen molar-refractivity contribution < 1.29 is 4.39 Å². The molecule has 0 aliphatic rings. The molecule has 1 aromatic heterocycles. The van der Waals surface area contributed by atoms with Crippen LogP contribution in [0.4, 0.5) is 10.2 Å². The van der Waals surface area contributed by atoms with Gasteiger partial charge in [-0.05, 0) is 19.1 Å². The molecule has 0 fully saturated rings. The van der Waals surface area contributed by atoms with Crippen LogP contribution in [0.3, 0.4) is 0 Å². The maximum Gasteiger partial charge on any atom is 0.129 e. The standard InChI is InChI=1S/C11H11ClFN3/c1-7-5-15-16(11(7)14)6-8-2-3-9(12)4-10(8)13/h2-5H,6,14H2,1H3. The lowest BCUT2D eigenvalue weighted by atomic mass is 10.2. The summed E-state index contributed by atoms with van der Waals surface area (Å²) < 4.78 is 15.1. The Bertz CT molecular complexity index is 522. The van der Waals surface area contributed by atoms with E-state index in [-0.39, 0.29) is 5.82 Å². The van der Waals surface area contributed by atoms with Gasteiger partial charge in [0.1, 0.15) is 11.6 Å². The van der Waals surface area contributed by atoms with Crippen LogP contribution in [0.2, 0.25) is 5.02 Å². The minimum atomic E-state index is -0.347. The summed E-state index contributed by atoms with van der Waals surface area (Å²) in [5.74, 6) is 0.203. The van der Waals surface area contributed by atoms with Crippen LogP contribution in [0, 0.1) is 12.7 Å². The molecule has 16 heavy (non-hydrogen) atoms. The lowest BCUT2D eigenvalue weighted by molar-refractivity contribution is 0.587. The maximum atomic E-state index is 13.5. The third-order valence-corrected chi connectivity index (χ3v) is 2.64. The third kappa shape index (κ3) is 2.02. The van der Waals surface area contributed by atoms with E-state index in [4.69, 9.17) is 17.3 Å². The fraction of sp³-hybridized carbons (Fsp3) is 0.182. The molecule has 2 rings (SSSR count). The Morgan fingerprint density at radius 1 is 1.50 bits per heavy atom. The van der Waals surface area contributed by atoms with Gasteiger partial charge in [-0.15, -0.1) is 0 Å². The molecule has 1 aromatic carbocycles. The minimum absolute atomic E-state index is 0.308. The lowest BCUT2D eigenvalue weighted by Gasteiger charge is -2.06. The molecule has 0 unspecified atom stereocenters. The zero-order valence-electron chi connectivity index (χ0n) is 8.74. The largest absolute Gasteiger partial charge is 0.384 e. The zero-order valence-corrected chi connectivity index (χ0v) is 9.50. The smallest absolute Gasteiger partial charge is 0.129 e. The van der Waals surface area contributed by atoms with Gasteiger partial charge in [-0.2, -0.15) is 5.10 Å². The van der Waals surface area contributed by atoms with E-state index in [0.717, 1.165) is 5.56 Å². The van der Waals surface area contributed by atoms with E-state index < -0.39 is 0 Å². The number of halogens is 2. The summed E-state index contributed by atoms with van der Waals surface area (Å²) in [6, 6.07) is 4.56. The second kappa shape index (κ2) is 4.14. The second-order valence-corrected chi connectivity index (χ2v) is 4.04. The monoisotopic (exact) mass is 239 g/mol. The summed E-state index contributed by atoms with van der Waals surface area (Å²) in [6.07, 6.45) is 1.66. The van der Waals surface area contributed by atoms with Crippen molar-refractivity contribution in [3.8, 4) is 0 Å². The number of nitrogens with zero attached hydrogens (tertiary/aromatic N) is 2. The SMILES string of the molecule is Cc1cnn(Cc2ccc(Cl)cc2F)c1N. The molecule has 0 bridgehead atoms. The van der Waals surface area contributed by atoms with Gasteiger partial charge in [-0.1, -0.05) is 17.7 Å². The molecule has 1 heterocycles. The third-order valence-electron chi connectivity index (χ3n) is 2.41. The number of benzene rings is 1. The van der Waals surface area contributed by atoms with Crippen LogP contribution < -0.4 is 5.73 Å². The molecule has 2 N–H and O–H groups in total. The van der Waals surface area contributed by atoms with Crippen LogP contribution in [-0.4, -0.2) is 9.78 Å². The number of hydrogen-bond donors (Lipinski definition) is 1. The van der Waals surface area contributed by atoms with Crippen molar-refractivity contribution in [1.82, 2.24) is 9.78 Å².